The molecule has 1 aliphatic heterocycles. The molecule has 1 aliphatic rings. The summed E-state index contributed by atoms with van der Waals surface area (Å²) in [6.45, 7) is 6.94. The molecule has 0 aromatic carbocycles. The zero-order valence-corrected chi connectivity index (χ0v) is 15.4. The Morgan fingerprint density at radius 2 is 2.15 bits per heavy atom. The van der Waals surface area contributed by atoms with E-state index in [9.17, 15) is 9.90 Å². The van der Waals surface area contributed by atoms with E-state index < -0.39 is 5.60 Å². The molecule has 1 atom stereocenters. The number of amides is 1. The van der Waals surface area contributed by atoms with Gasteiger partial charge in [-0.05, 0) is 31.7 Å². The van der Waals surface area contributed by atoms with Crippen LogP contribution in [0, 0.1) is 6.92 Å². The van der Waals surface area contributed by atoms with Crippen LogP contribution in [0.4, 0.5) is 5.95 Å². The summed E-state index contributed by atoms with van der Waals surface area (Å²) >= 11 is 0. The predicted octanol–water partition coefficient (Wildman–Crippen LogP) is 1.66. The highest BCUT2D eigenvalue weighted by molar-refractivity contribution is 5.96. The molecule has 1 saturated heterocycles. The lowest BCUT2D eigenvalue weighted by Crippen LogP contribution is -2.54. The van der Waals surface area contributed by atoms with Gasteiger partial charge in [-0.15, -0.1) is 0 Å². The molecule has 1 amide bonds. The first-order chi connectivity index (χ1) is 12.4. The van der Waals surface area contributed by atoms with Gasteiger partial charge >= 0.3 is 0 Å². The average molecular weight is 359 g/mol. The minimum Gasteiger partial charge on any atom is -0.386 e. The molecule has 0 radical (unpaired) electrons. The van der Waals surface area contributed by atoms with Crippen LogP contribution in [0.2, 0.25) is 0 Å². The number of nitrogens with one attached hydrogen (secondary N) is 1. The third-order valence-corrected chi connectivity index (χ3v) is 4.63. The minimum absolute atomic E-state index is 0.0803. The number of aliphatic hydroxyl groups is 1. The maximum Gasteiger partial charge on any atom is 0.256 e. The Hall–Kier alpha value is -2.48. The van der Waals surface area contributed by atoms with Crippen molar-refractivity contribution < 1.29 is 14.4 Å². The molecule has 2 N–H and O–H groups in total. The number of rotatable bonds is 5. The van der Waals surface area contributed by atoms with E-state index in [0.29, 0.717) is 35.9 Å². The summed E-state index contributed by atoms with van der Waals surface area (Å²) in [5.74, 6) is 0.890. The number of carbonyl (C=O) groups is 1. The maximum absolute atomic E-state index is 12.6. The van der Waals surface area contributed by atoms with Crippen molar-refractivity contribution in [1.29, 1.82) is 0 Å². The van der Waals surface area contributed by atoms with Crippen LogP contribution in [0.1, 0.15) is 54.4 Å². The summed E-state index contributed by atoms with van der Waals surface area (Å²) in [5, 5.41) is 17.8. The summed E-state index contributed by atoms with van der Waals surface area (Å²) in [4.78, 5) is 23.1. The highest BCUT2D eigenvalue weighted by Crippen LogP contribution is 2.24. The average Bonchev–Trinajstić information content (AvgIpc) is 3.02. The minimum atomic E-state index is -1.03. The molecular weight excluding hydrogens is 334 g/mol. The second-order valence-electron chi connectivity index (χ2n) is 7.13. The molecule has 3 rings (SSSR count). The molecule has 26 heavy (non-hydrogen) atoms. The molecule has 2 aromatic heterocycles. The fraction of sp³-hybridized carbons (Fsp3) is 0.556. The third-order valence-electron chi connectivity index (χ3n) is 4.63. The topological polar surface area (TPSA) is 104 Å². The normalized spacial score (nSPS) is 20.4. The predicted molar refractivity (Wildman–Crippen MR) is 96.1 cm³/mol. The second-order valence-corrected chi connectivity index (χ2v) is 7.13. The fourth-order valence-electron chi connectivity index (χ4n) is 3.27. The Balaban J connectivity index is 1.67. The zero-order chi connectivity index (χ0) is 18.7. The quantitative estimate of drug-likeness (QED) is 0.836. The maximum atomic E-state index is 12.6. The van der Waals surface area contributed by atoms with E-state index in [2.05, 4.69) is 20.4 Å². The van der Waals surface area contributed by atoms with Gasteiger partial charge in [-0.2, -0.15) is 0 Å². The van der Waals surface area contributed by atoms with Crippen LogP contribution >= 0.6 is 0 Å². The number of β-amino-alcohol motifs (C(OH)–C–C–N with tert-alkyl or cyclic N) is 1. The molecular formula is C18H25N5O3. The lowest BCUT2D eigenvalue weighted by molar-refractivity contribution is 0.0252. The standard InChI is InChI=1S/C18H25N5O3/c1-12(2)15-14(13(3)26-22-15)16(24)21-10-18(25)6-4-9-23(11-18)17-19-7-5-8-20-17/h5,7-8,12,25H,4,6,9-11H2,1-3H3,(H,21,24). The number of nitrogens with zero attached hydrogens (tertiary/aromatic N) is 4. The number of hydrogen-bond acceptors (Lipinski definition) is 7. The molecule has 0 aliphatic carbocycles. The van der Waals surface area contributed by atoms with Gasteiger partial charge in [0.15, 0.2) is 0 Å². The smallest absolute Gasteiger partial charge is 0.256 e. The molecule has 1 unspecified atom stereocenters. The van der Waals surface area contributed by atoms with Gasteiger partial charge in [-0.1, -0.05) is 19.0 Å². The van der Waals surface area contributed by atoms with E-state index in [1.54, 1.807) is 25.4 Å². The van der Waals surface area contributed by atoms with Crippen LogP contribution < -0.4 is 10.2 Å². The summed E-state index contributed by atoms with van der Waals surface area (Å²) in [6.07, 6.45) is 4.77. The Kier molecular flexibility index (Phi) is 5.22. The van der Waals surface area contributed by atoms with Gasteiger partial charge in [0.1, 0.15) is 11.3 Å². The Morgan fingerprint density at radius 3 is 2.85 bits per heavy atom. The van der Waals surface area contributed by atoms with Crippen LogP contribution in [-0.2, 0) is 0 Å². The van der Waals surface area contributed by atoms with Crippen molar-refractivity contribution >= 4 is 11.9 Å². The fourth-order valence-corrected chi connectivity index (χ4v) is 3.27. The van der Waals surface area contributed by atoms with E-state index in [-0.39, 0.29) is 18.4 Å². The van der Waals surface area contributed by atoms with Crippen molar-refractivity contribution in [2.75, 3.05) is 24.5 Å². The first-order valence-corrected chi connectivity index (χ1v) is 8.88. The van der Waals surface area contributed by atoms with Gasteiger partial charge in [0, 0.05) is 25.5 Å². The molecule has 2 aromatic rings. The molecule has 0 spiro atoms. The van der Waals surface area contributed by atoms with Gasteiger partial charge in [0.25, 0.3) is 5.91 Å². The second kappa shape index (κ2) is 7.41. The Labute approximate surface area is 152 Å². The van der Waals surface area contributed by atoms with Crippen molar-refractivity contribution in [3.05, 3.63) is 35.5 Å². The zero-order valence-electron chi connectivity index (χ0n) is 15.4. The summed E-state index contributed by atoms with van der Waals surface area (Å²) in [7, 11) is 0. The van der Waals surface area contributed by atoms with Crippen LogP contribution in [0.3, 0.4) is 0 Å². The Morgan fingerprint density at radius 1 is 1.42 bits per heavy atom. The lowest BCUT2D eigenvalue weighted by atomic mass is 9.92. The van der Waals surface area contributed by atoms with Crippen molar-refractivity contribution in [1.82, 2.24) is 20.4 Å². The number of hydrogen-bond donors (Lipinski definition) is 2. The third kappa shape index (κ3) is 3.85. The van der Waals surface area contributed by atoms with E-state index in [4.69, 9.17) is 4.52 Å². The number of piperidine rings is 1. The van der Waals surface area contributed by atoms with Gasteiger partial charge in [0.05, 0.1) is 17.8 Å². The van der Waals surface area contributed by atoms with Gasteiger partial charge < -0.3 is 19.8 Å². The molecule has 8 nitrogen and oxygen atoms in total. The van der Waals surface area contributed by atoms with E-state index in [1.165, 1.54) is 0 Å². The first kappa shape index (κ1) is 18.3. The van der Waals surface area contributed by atoms with E-state index in [0.717, 1.165) is 13.0 Å². The Bertz CT molecular complexity index is 761. The SMILES string of the molecule is Cc1onc(C(C)C)c1C(=O)NCC1(O)CCCN(c2ncccn2)C1. The van der Waals surface area contributed by atoms with Gasteiger partial charge in [-0.25, -0.2) is 9.97 Å². The van der Waals surface area contributed by atoms with Crippen molar-refractivity contribution in [3.8, 4) is 0 Å². The number of aryl methyl sites for hydroxylation is 1. The monoisotopic (exact) mass is 359 g/mol. The largest absolute Gasteiger partial charge is 0.386 e. The molecule has 0 bridgehead atoms. The summed E-state index contributed by atoms with van der Waals surface area (Å²) < 4.78 is 5.17. The molecule has 1 fully saturated rings. The van der Waals surface area contributed by atoms with Crippen LogP contribution in [-0.4, -0.2) is 51.4 Å². The molecule has 8 heteroatoms. The molecule has 0 saturated carbocycles. The first-order valence-electron chi connectivity index (χ1n) is 8.88. The summed E-state index contributed by atoms with van der Waals surface area (Å²) in [5.41, 5.74) is 0.0634. The van der Waals surface area contributed by atoms with Crippen LogP contribution in [0.25, 0.3) is 0 Å². The highest BCUT2D eigenvalue weighted by Gasteiger charge is 2.35. The van der Waals surface area contributed by atoms with Crippen LogP contribution in [0.5, 0.6) is 0 Å². The number of aromatic nitrogens is 3. The number of carbonyl (C=O) groups excluding carboxylic acids is 1. The lowest BCUT2D eigenvalue weighted by Gasteiger charge is -2.39. The summed E-state index contributed by atoms with van der Waals surface area (Å²) in [6, 6.07) is 1.76. The van der Waals surface area contributed by atoms with Crippen molar-refractivity contribution in [2.24, 2.45) is 0 Å². The van der Waals surface area contributed by atoms with E-state index >= 15 is 0 Å². The van der Waals surface area contributed by atoms with Crippen molar-refractivity contribution in [3.63, 3.8) is 0 Å². The van der Waals surface area contributed by atoms with Crippen LogP contribution in [0.15, 0.2) is 23.0 Å². The van der Waals surface area contributed by atoms with Crippen molar-refractivity contribution in [2.45, 2.75) is 45.1 Å². The van der Waals surface area contributed by atoms with E-state index in [1.807, 2.05) is 18.7 Å². The number of anilines is 1. The van der Waals surface area contributed by atoms with Gasteiger partial charge in [-0.3, -0.25) is 4.79 Å². The molecule has 140 valence electrons. The highest BCUT2D eigenvalue weighted by atomic mass is 16.5. The van der Waals surface area contributed by atoms with Gasteiger partial charge in [0.2, 0.25) is 5.95 Å². The molecule has 3 heterocycles.